The first kappa shape index (κ1) is 14.3. The Bertz CT molecular complexity index is 351. The first-order chi connectivity index (χ1) is 8.72. The maximum absolute atomic E-state index is 11.3. The quantitative estimate of drug-likeness (QED) is 0.415. The zero-order chi connectivity index (χ0) is 13.2. The third-order valence-electron chi connectivity index (χ3n) is 2.27. The van der Waals surface area contributed by atoms with Crippen LogP contribution in [0.1, 0.15) is 19.3 Å². The van der Waals surface area contributed by atoms with Crippen LogP contribution >= 0.6 is 0 Å². The zero-order valence-electron chi connectivity index (χ0n) is 10.3. The molecular formula is C13H19NO4. The van der Waals surface area contributed by atoms with Gasteiger partial charge in [-0.25, -0.2) is 0 Å². The number of benzene rings is 1. The summed E-state index contributed by atoms with van der Waals surface area (Å²) in [4.78, 5) is 11.3. The molecule has 0 heterocycles. The Balaban J connectivity index is 2.10. The maximum Gasteiger partial charge on any atom is 0.309 e. The summed E-state index contributed by atoms with van der Waals surface area (Å²) in [5.41, 5.74) is 6.21. The fourth-order valence-corrected chi connectivity index (χ4v) is 1.29. The first-order valence-corrected chi connectivity index (χ1v) is 5.97. The Kier molecular flexibility index (Phi) is 6.64. The molecule has 5 nitrogen and oxygen atoms in total. The predicted molar refractivity (Wildman–Crippen MR) is 68.2 cm³/mol. The highest BCUT2D eigenvalue weighted by molar-refractivity contribution is 5.69. The van der Waals surface area contributed by atoms with Crippen LogP contribution in [0.5, 0.6) is 5.75 Å². The Morgan fingerprint density at radius 2 is 1.89 bits per heavy atom. The van der Waals surface area contributed by atoms with E-state index >= 15 is 0 Å². The number of carbonyl (C=O) groups is 1. The number of esters is 1. The Hall–Kier alpha value is -1.75. The van der Waals surface area contributed by atoms with Gasteiger partial charge in [0.1, 0.15) is 5.75 Å². The lowest BCUT2D eigenvalue weighted by atomic mass is 10.3. The van der Waals surface area contributed by atoms with Crippen molar-refractivity contribution >= 4 is 11.7 Å². The SMILES string of the molecule is Nc1ccc(OCCC(=O)OCCCCO)cc1. The minimum Gasteiger partial charge on any atom is -0.493 e. The molecular weight excluding hydrogens is 234 g/mol. The minimum atomic E-state index is -0.289. The van der Waals surface area contributed by atoms with Crippen LogP contribution in [0.3, 0.4) is 0 Å². The summed E-state index contributed by atoms with van der Waals surface area (Å²) in [6.07, 6.45) is 1.54. The summed E-state index contributed by atoms with van der Waals surface area (Å²) in [5, 5.41) is 8.55. The maximum atomic E-state index is 11.3. The highest BCUT2D eigenvalue weighted by Crippen LogP contribution is 2.13. The molecule has 0 spiro atoms. The number of carbonyl (C=O) groups excluding carboxylic acids is 1. The van der Waals surface area contributed by atoms with Crippen LogP contribution in [0.15, 0.2) is 24.3 Å². The van der Waals surface area contributed by atoms with Crippen molar-refractivity contribution in [3.63, 3.8) is 0 Å². The lowest BCUT2D eigenvalue weighted by Crippen LogP contribution is -2.11. The third-order valence-corrected chi connectivity index (χ3v) is 2.27. The highest BCUT2D eigenvalue weighted by atomic mass is 16.5. The van der Waals surface area contributed by atoms with Gasteiger partial charge in [-0.3, -0.25) is 4.79 Å². The Morgan fingerprint density at radius 3 is 2.56 bits per heavy atom. The predicted octanol–water partition coefficient (Wildman–Crippen LogP) is 1.35. The van der Waals surface area contributed by atoms with E-state index in [1.807, 2.05) is 0 Å². The Morgan fingerprint density at radius 1 is 1.17 bits per heavy atom. The van der Waals surface area contributed by atoms with Gasteiger partial charge in [-0.05, 0) is 37.1 Å². The van der Waals surface area contributed by atoms with Gasteiger partial charge in [-0.1, -0.05) is 0 Å². The second-order valence-corrected chi connectivity index (χ2v) is 3.82. The van der Waals surface area contributed by atoms with E-state index in [0.717, 1.165) is 0 Å². The molecule has 1 aromatic rings. The summed E-state index contributed by atoms with van der Waals surface area (Å²) in [5.74, 6) is 0.390. The van der Waals surface area contributed by atoms with Crippen LogP contribution in [0, 0.1) is 0 Å². The molecule has 100 valence electrons. The van der Waals surface area contributed by atoms with E-state index in [1.165, 1.54) is 0 Å². The van der Waals surface area contributed by atoms with Gasteiger partial charge in [0.05, 0.1) is 19.6 Å². The molecule has 3 N–H and O–H groups in total. The normalized spacial score (nSPS) is 10.1. The molecule has 0 aliphatic heterocycles. The van der Waals surface area contributed by atoms with Crippen molar-refractivity contribution in [3.05, 3.63) is 24.3 Å². The number of unbranched alkanes of at least 4 members (excludes halogenated alkanes) is 1. The average molecular weight is 253 g/mol. The van der Waals surface area contributed by atoms with Crippen LogP contribution in [-0.2, 0) is 9.53 Å². The monoisotopic (exact) mass is 253 g/mol. The van der Waals surface area contributed by atoms with Crippen LogP contribution in [-0.4, -0.2) is 30.9 Å². The highest BCUT2D eigenvalue weighted by Gasteiger charge is 2.03. The molecule has 0 bridgehead atoms. The van der Waals surface area contributed by atoms with Crippen molar-refractivity contribution in [3.8, 4) is 5.75 Å². The summed E-state index contributed by atoms with van der Waals surface area (Å²) >= 11 is 0. The standard InChI is InChI=1S/C13H19NO4/c14-11-3-5-12(6-4-11)17-10-7-13(16)18-9-2-1-8-15/h3-6,15H,1-2,7-10,14H2. The summed E-state index contributed by atoms with van der Waals surface area (Å²) in [6, 6.07) is 6.98. The summed E-state index contributed by atoms with van der Waals surface area (Å²) < 4.78 is 10.3. The number of aliphatic hydroxyl groups is 1. The van der Waals surface area contributed by atoms with Gasteiger partial charge in [0.25, 0.3) is 0 Å². The fourth-order valence-electron chi connectivity index (χ4n) is 1.29. The molecule has 0 aliphatic carbocycles. The number of anilines is 1. The lowest BCUT2D eigenvalue weighted by molar-refractivity contribution is -0.144. The Labute approximate surface area is 107 Å². The van der Waals surface area contributed by atoms with E-state index in [-0.39, 0.29) is 25.6 Å². The number of hydrogen-bond acceptors (Lipinski definition) is 5. The molecule has 0 saturated carbocycles. The zero-order valence-corrected chi connectivity index (χ0v) is 10.3. The topological polar surface area (TPSA) is 81.8 Å². The average Bonchev–Trinajstić information content (AvgIpc) is 2.37. The van der Waals surface area contributed by atoms with Gasteiger partial charge in [0.15, 0.2) is 0 Å². The molecule has 5 heteroatoms. The van der Waals surface area contributed by atoms with Crippen molar-refractivity contribution in [1.29, 1.82) is 0 Å². The smallest absolute Gasteiger partial charge is 0.309 e. The fraction of sp³-hybridized carbons (Fsp3) is 0.462. The van der Waals surface area contributed by atoms with Crippen molar-refractivity contribution in [2.24, 2.45) is 0 Å². The second-order valence-electron chi connectivity index (χ2n) is 3.82. The minimum absolute atomic E-state index is 0.123. The molecule has 0 radical (unpaired) electrons. The van der Waals surface area contributed by atoms with Crippen molar-refractivity contribution < 1.29 is 19.4 Å². The van der Waals surface area contributed by atoms with Gasteiger partial charge in [-0.15, -0.1) is 0 Å². The molecule has 18 heavy (non-hydrogen) atoms. The van der Waals surface area contributed by atoms with Crippen LogP contribution in [0.25, 0.3) is 0 Å². The number of aliphatic hydroxyl groups excluding tert-OH is 1. The van der Waals surface area contributed by atoms with E-state index in [2.05, 4.69) is 0 Å². The van der Waals surface area contributed by atoms with E-state index in [0.29, 0.717) is 30.9 Å². The molecule has 0 fully saturated rings. The molecule has 0 aromatic heterocycles. The summed E-state index contributed by atoms with van der Waals surface area (Å²) in [6.45, 7) is 0.752. The van der Waals surface area contributed by atoms with E-state index < -0.39 is 0 Å². The molecule has 1 aromatic carbocycles. The largest absolute Gasteiger partial charge is 0.493 e. The van der Waals surface area contributed by atoms with Gasteiger partial charge in [0.2, 0.25) is 0 Å². The second kappa shape index (κ2) is 8.36. The van der Waals surface area contributed by atoms with Crippen molar-refractivity contribution in [2.45, 2.75) is 19.3 Å². The van der Waals surface area contributed by atoms with Gasteiger partial charge in [-0.2, -0.15) is 0 Å². The van der Waals surface area contributed by atoms with Gasteiger partial charge < -0.3 is 20.3 Å². The number of hydrogen-bond donors (Lipinski definition) is 2. The molecule has 0 amide bonds. The molecule has 0 unspecified atom stereocenters. The number of nitrogen functional groups attached to an aromatic ring is 1. The number of nitrogens with two attached hydrogens (primary N) is 1. The van der Waals surface area contributed by atoms with Gasteiger partial charge in [0, 0.05) is 12.3 Å². The summed E-state index contributed by atoms with van der Waals surface area (Å²) in [7, 11) is 0. The van der Waals surface area contributed by atoms with Crippen LogP contribution in [0.2, 0.25) is 0 Å². The molecule has 0 saturated heterocycles. The van der Waals surface area contributed by atoms with E-state index in [9.17, 15) is 4.79 Å². The first-order valence-electron chi connectivity index (χ1n) is 5.97. The van der Waals surface area contributed by atoms with Gasteiger partial charge >= 0.3 is 5.97 Å². The lowest BCUT2D eigenvalue weighted by Gasteiger charge is -2.06. The van der Waals surface area contributed by atoms with E-state index in [4.69, 9.17) is 20.3 Å². The molecule has 0 aliphatic rings. The van der Waals surface area contributed by atoms with Crippen molar-refractivity contribution in [2.75, 3.05) is 25.6 Å². The molecule has 1 rings (SSSR count). The van der Waals surface area contributed by atoms with E-state index in [1.54, 1.807) is 24.3 Å². The third kappa shape index (κ3) is 6.10. The van der Waals surface area contributed by atoms with Crippen LogP contribution in [0.4, 0.5) is 5.69 Å². The molecule has 0 atom stereocenters. The van der Waals surface area contributed by atoms with Crippen LogP contribution < -0.4 is 10.5 Å². The van der Waals surface area contributed by atoms with Crippen molar-refractivity contribution in [1.82, 2.24) is 0 Å². The number of rotatable bonds is 8. The number of ether oxygens (including phenoxy) is 2.